The maximum Gasteiger partial charge on any atom is 0.309 e. The molecule has 1 amide bonds. The van der Waals surface area contributed by atoms with E-state index in [1.165, 1.54) is 6.92 Å². The number of carboxylic acid groups (broad SMARTS) is 1. The van der Waals surface area contributed by atoms with Crippen LogP contribution in [0.1, 0.15) is 40.0 Å². The molecule has 1 rings (SSSR count). The number of nitrogens with one attached hydrogen (secondary N) is 3. The lowest BCUT2D eigenvalue weighted by Crippen LogP contribution is -2.54. The first-order valence-corrected chi connectivity index (χ1v) is 7.97. The second-order valence-electron chi connectivity index (χ2n) is 6.32. The zero-order chi connectivity index (χ0) is 17.7. The summed E-state index contributed by atoms with van der Waals surface area (Å²) in [7, 11) is 0. The number of hydrogen-bond acceptors (Lipinski definition) is 4. The smallest absolute Gasteiger partial charge is 0.309 e. The molecular weight excluding hydrogens is 300 g/mol. The average molecular weight is 328 g/mol. The van der Waals surface area contributed by atoms with Gasteiger partial charge in [-0.2, -0.15) is 0 Å². The lowest BCUT2D eigenvalue weighted by molar-refractivity contribution is -0.145. The molecule has 6 atom stereocenters. The van der Waals surface area contributed by atoms with Gasteiger partial charge in [-0.05, 0) is 32.1 Å². The predicted molar refractivity (Wildman–Crippen MR) is 85.8 cm³/mol. The molecule has 0 aromatic heterocycles. The Bertz CT molecular complexity index is 455. The van der Waals surface area contributed by atoms with Crippen molar-refractivity contribution in [3.63, 3.8) is 0 Å². The summed E-state index contributed by atoms with van der Waals surface area (Å²) in [4.78, 5) is 22.8. The largest absolute Gasteiger partial charge is 0.481 e. The van der Waals surface area contributed by atoms with Gasteiger partial charge in [0.15, 0.2) is 5.96 Å². The lowest BCUT2D eigenvalue weighted by Gasteiger charge is -2.37. The van der Waals surface area contributed by atoms with Crippen LogP contribution in [0.4, 0.5) is 0 Å². The van der Waals surface area contributed by atoms with Gasteiger partial charge in [0, 0.05) is 24.9 Å². The molecule has 0 heterocycles. The summed E-state index contributed by atoms with van der Waals surface area (Å²) in [5.41, 5.74) is 5.39. The standard InChI is InChI=1S/C15H28N4O4/c1-4-9(7(2)18-15(16)17)12(19-8(3)20)10-5-6-11(13(10)21)14(22)23/h7,9-13,21H,4-6H2,1-3H3,(H,19,20)(H,22,23)(H4,16,17,18)/t7?,9?,10-,11+,12-,13+/m1/s1. The van der Waals surface area contributed by atoms with Crippen LogP contribution >= 0.6 is 0 Å². The van der Waals surface area contributed by atoms with E-state index in [0.29, 0.717) is 19.3 Å². The highest BCUT2D eigenvalue weighted by Crippen LogP contribution is 2.37. The molecule has 0 saturated heterocycles. The third-order valence-electron chi connectivity index (χ3n) is 4.77. The Morgan fingerprint density at radius 2 is 1.96 bits per heavy atom. The quantitative estimate of drug-likeness (QED) is 0.283. The first-order chi connectivity index (χ1) is 10.7. The van der Waals surface area contributed by atoms with Gasteiger partial charge in [0.2, 0.25) is 5.91 Å². The minimum absolute atomic E-state index is 0.0880. The van der Waals surface area contributed by atoms with Gasteiger partial charge in [-0.25, -0.2) is 0 Å². The molecule has 0 aliphatic heterocycles. The van der Waals surface area contributed by atoms with Crippen molar-refractivity contribution in [3.05, 3.63) is 0 Å². The molecule has 7 N–H and O–H groups in total. The van der Waals surface area contributed by atoms with Crippen molar-refractivity contribution in [2.24, 2.45) is 23.5 Å². The molecule has 1 aliphatic rings. The number of rotatable bonds is 7. The van der Waals surface area contributed by atoms with Crippen LogP contribution in [-0.4, -0.2) is 46.2 Å². The number of guanidine groups is 1. The van der Waals surface area contributed by atoms with Crippen LogP contribution in [0.15, 0.2) is 0 Å². The molecule has 0 radical (unpaired) electrons. The van der Waals surface area contributed by atoms with Crippen LogP contribution in [-0.2, 0) is 9.59 Å². The number of amides is 1. The Balaban J connectivity index is 3.00. The van der Waals surface area contributed by atoms with E-state index < -0.39 is 18.0 Å². The predicted octanol–water partition coefficient (Wildman–Crippen LogP) is -0.139. The van der Waals surface area contributed by atoms with Crippen LogP contribution < -0.4 is 16.4 Å². The second-order valence-corrected chi connectivity index (χ2v) is 6.32. The van der Waals surface area contributed by atoms with Gasteiger partial charge in [0.1, 0.15) is 0 Å². The van der Waals surface area contributed by atoms with E-state index in [4.69, 9.17) is 11.1 Å². The molecule has 0 spiro atoms. The first kappa shape index (κ1) is 19.2. The highest BCUT2D eigenvalue weighted by Gasteiger charge is 2.45. The molecule has 132 valence electrons. The van der Waals surface area contributed by atoms with Gasteiger partial charge in [-0.1, -0.05) is 6.92 Å². The SMILES string of the molecule is CCC(C(C)NC(=N)N)[C@@H](NC(C)=O)[C@H]1CC[C@H](C(=O)O)[C@H]1O. The van der Waals surface area contributed by atoms with Crippen LogP contribution in [0, 0.1) is 23.2 Å². The number of aliphatic hydroxyl groups is 1. The van der Waals surface area contributed by atoms with E-state index in [1.807, 2.05) is 13.8 Å². The lowest BCUT2D eigenvalue weighted by atomic mass is 9.79. The summed E-state index contributed by atoms with van der Waals surface area (Å²) in [6.45, 7) is 5.22. The number of carboxylic acids is 1. The molecular formula is C15H28N4O4. The molecule has 8 heteroatoms. The van der Waals surface area contributed by atoms with Crippen LogP contribution in [0.2, 0.25) is 0 Å². The molecule has 0 aromatic rings. The number of aliphatic carboxylic acids is 1. The van der Waals surface area contributed by atoms with E-state index in [1.54, 1.807) is 0 Å². The fourth-order valence-corrected chi connectivity index (χ4v) is 3.71. The summed E-state index contributed by atoms with van der Waals surface area (Å²) >= 11 is 0. The van der Waals surface area contributed by atoms with Crippen molar-refractivity contribution in [2.45, 2.75) is 58.2 Å². The molecule has 2 unspecified atom stereocenters. The highest BCUT2D eigenvalue weighted by atomic mass is 16.4. The van der Waals surface area contributed by atoms with E-state index in [9.17, 15) is 19.8 Å². The Kier molecular flexibility index (Phi) is 6.80. The highest BCUT2D eigenvalue weighted by molar-refractivity contribution is 5.75. The van der Waals surface area contributed by atoms with E-state index in [2.05, 4.69) is 10.6 Å². The first-order valence-electron chi connectivity index (χ1n) is 7.97. The van der Waals surface area contributed by atoms with Gasteiger partial charge in [-0.15, -0.1) is 0 Å². The van der Waals surface area contributed by atoms with Gasteiger partial charge < -0.3 is 26.6 Å². The molecule has 8 nitrogen and oxygen atoms in total. The van der Waals surface area contributed by atoms with Crippen LogP contribution in [0.3, 0.4) is 0 Å². The molecule has 1 saturated carbocycles. The number of carbonyl (C=O) groups is 2. The maximum absolute atomic E-state index is 11.6. The number of nitrogens with two attached hydrogens (primary N) is 1. The molecule has 0 aromatic carbocycles. The zero-order valence-electron chi connectivity index (χ0n) is 13.9. The third kappa shape index (κ3) is 4.82. The summed E-state index contributed by atoms with van der Waals surface area (Å²) in [5.74, 6) is -2.62. The van der Waals surface area contributed by atoms with Crippen molar-refractivity contribution in [1.82, 2.24) is 10.6 Å². The minimum Gasteiger partial charge on any atom is -0.481 e. The van der Waals surface area contributed by atoms with Gasteiger partial charge in [-0.3, -0.25) is 15.0 Å². The van der Waals surface area contributed by atoms with Crippen molar-refractivity contribution in [3.8, 4) is 0 Å². The average Bonchev–Trinajstić information content (AvgIpc) is 2.78. The summed E-state index contributed by atoms with van der Waals surface area (Å²) in [5, 5.41) is 32.6. The molecule has 23 heavy (non-hydrogen) atoms. The zero-order valence-corrected chi connectivity index (χ0v) is 13.9. The van der Waals surface area contributed by atoms with Crippen molar-refractivity contribution in [2.75, 3.05) is 0 Å². The second kappa shape index (κ2) is 8.14. The van der Waals surface area contributed by atoms with Crippen molar-refractivity contribution < 1.29 is 19.8 Å². The monoisotopic (exact) mass is 328 g/mol. The molecule has 1 aliphatic carbocycles. The molecule has 0 bridgehead atoms. The maximum atomic E-state index is 11.6. The summed E-state index contributed by atoms with van der Waals surface area (Å²) < 4.78 is 0. The van der Waals surface area contributed by atoms with E-state index in [-0.39, 0.29) is 35.8 Å². The van der Waals surface area contributed by atoms with Gasteiger partial charge >= 0.3 is 5.97 Å². The minimum atomic E-state index is -1.01. The van der Waals surface area contributed by atoms with Crippen molar-refractivity contribution >= 4 is 17.8 Å². The van der Waals surface area contributed by atoms with Gasteiger partial charge in [0.05, 0.1) is 12.0 Å². The fraction of sp³-hybridized carbons (Fsp3) is 0.800. The molecule has 1 fully saturated rings. The van der Waals surface area contributed by atoms with Gasteiger partial charge in [0.25, 0.3) is 0 Å². The Morgan fingerprint density at radius 3 is 2.35 bits per heavy atom. The summed E-state index contributed by atoms with van der Waals surface area (Å²) in [6, 6.07) is -0.566. The number of hydrogen-bond donors (Lipinski definition) is 6. The normalized spacial score (nSPS) is 27.7. The Labute approximate surface area is 136 Å². The van der Waals surface area contributed by atoms with Crippen LogP contribution in [0.5, 0.6) is 0 Å². The third-order valence-corrected chi connectivity index (χ3v) is 4.77. The van der Waals surface area contributed by atoms with Crippen molar-refractivity contribution in [1.29, 1.82) is 5.41 Å². The topological polar surface area (TPSA) is 149 Å². The number of aliphatic hydroxyl groups excluding tert-OH is 1. The number of carbonyl (C=O) groups excluding carboxylic acids is 1. The van der Waals surface area contributed by atoms with Crippen LogP contribution in [0.25, 0.3) is 0 Å². The van der Waals surface area contributed by atoms with E-state index in [0.717, 1.165) is 0 Å². The van der Waals surface area contributed by atoms with E-state index >= 15 is 0 Å². The fourth-order valence-electron chi connectivity index (χ4n) is 3.71. The Hall–Kier alpha value is -1.83. The summed E-state index contributed by atoms with van der Waals surface area (Å²) in [6.07, 6.45) is 0.616. The Morgan fingerprint density at radius 1 is 1.35 bits per heavy atom.